The molecule has 0 aliphatic carbocycles. The summed E-state index contributed by atoms with van der Waals surface area (Å²) in [6.07, 6.45) is 0. The van der Waals surface area contributed by atoms with Crippen molar-refractivity contribution in [3.63, 3.8) is 0 Å². The highest BCUT2D eigenvalue weighted by molar-refractivity contribution is 9.11. The summed E-state index contributed by atoms with van der Waals surface area (Å²) in [5, 5.41) is 3.98. The van der Waals surface area contributed by atoms with Crippen molar-refractivity contribution >= 4 is 43.5 Å². The van der Waals surface area contributed by atoms with Gasteiger partial charge in [0.25, 0.3) is 5.91 Å². The Kier molecular flexibility index (Phi) is 6.95. The van der Waals surface area contributed by atoms with Gasteiger partial charge in [-0.2, -0.15) is 5.10 Å². The second-order valence-electron chi connectivity index (χ2n) is 4.95. The van der Waals surface area contributed by atoms with E-state index in [0.29, 0.717) is 27.2 Å². The molecule has 0 heterocycles. The van der Waals surface area contributed by atoms with Gasteiger partial charge in [-0.1, -0.05) is 28.1 Å². The van der Waals surface area contributed by atoms with Crippen LogP contribution in [0.5, 0.6) is 11.5 Å². The Morgan fingerprint density at radius 1 is 1.24 bits per heavy atom. The highest BCUT2D eigenvalue weighted by Crippen LogP contribution is 2.38. The molecule has 132 valence electrons. The molecule has 0 aliphatic rings. The molecular weight excluding hydrogens is 459 g/mol. The van der Waals surface area contributed by atoms with E-state index in [2.05, 4.69) is 42.4 Å². The molecule has 0 spiro atoms. The number of hydrazone groups is 1. The number of rotatable bonds is 6. The molecule has 1 N–H and O–H groups in total. The summed E-state index contributed by atoms with van der Waals surface area (Å²) < 4.78 is 25.1. The van der Waals surface area contributed by atoms with E-state index in [-0.39, 0.29) is 12.4 Å². The van der Waals surface area contributed by atoms with Crippen LogP contribution in [0.3, 0.4) is 0 Å². The number of nitrogens with zero attached hydrogens (tertiary/aromatic N) is 1. The van der Waals surface area contributed by atoms with E-state index in [1.807, 2.05) is 0 Å². The Hall–Kier alpha value is -1.93. The molecule has 0 saturated carbocycles. The lowest BCUT2D eigenvalue weighted by molar-refractivity contribution is -0.123. The Morgan fingerprint density at radius 3 is 2.56 bits per heavy atom. The first-order valence-electron chi connectivity index (χ1n) is 7.15. The largest absolute Gasteiger partial charge is 0.493 e. The average Bonchev–Trinajstić information content (AvgIpc) is 2.58. The van der Waals surface area contributed by atoms with Gasteiger partial charge >= 0.3 is 0 Å². The summed E-state index contributed by atoms with van der Waals surface area (Å²) in [6.45, 7) is 1.47. The van der Waals surface area contributed by atoms with E-state index >= 15 is 0 Å². The minimum Gasteiger partial charge on any atom is -0.493 e. The molecule has 8 heteroatoms. The molecule has 0 unspecified atom stereocenters. The lowest BCUT2D eigenvalue weighted by atomic mass is 10.1. The van der Waals surface area contributed by atoms with E-state index in [1.54, 1.807) is 31.2 Å². The Balaban J connectivity index is 1.97. The molecule has 2 aromatic rings. The third-order valence-corrected chi connectivity index (χ3v) is 4.20. The summed E-state index contributed by atoms with van der Waals surface area (Å²) in [7, 11) is 1.51. The minimum absolute atomic E-state index is 0.239. The predicted molar refractivity (Wildman–Crippen MR) is 101 cm³/mol. The molecule has 25 heavy (non-hydrogen) atoms. The fourth-order valence-corrected chi connectivity index (χ4v) is 3.20. The van der Waals surface area contributed by atoms with Crippen molar-refractivity contribution in [1.29, 1.82) is 0 Å². The zero-order valence-corrected chi connectivity index (χ0v) is 16.6. The number of amides is 1. The van der Waals surface area contributed by atoms with Crippen molar-refractivity contribution in [2.45, 2.75) is 6.92 Å². The zero-order valence-electron chi connectivity index (χ0n) is 13.5. The second kappa shape index (κ2) is 8.96. The first-order valence-corrected chi connectivity index (χ1v) is 8.74. The lowest BCUT2D eigenvalue weighted by Crippen LogP contribution is -2.25. The van der Waals surface area contributed by atoms with Gasteiger partial charge < -0.3 is 9.47 Å². The number of nitrogens with one attached hydrogen (secondary N) is 1. The van der Waals surface area contributed by atoms with Crippen molar-refractivity contribution in [3.8, 4) is 11.5 Å². The SMILES string of the molecule is COc1cc(Br)cc(Br)c1OCC(=O)N/N=C(/C)c1ccc(F)cc1. The van der Waals surface area contributed by atoms with Crippen molar-refractivity contribution in [2.24, 2.45) is 5.10 Å². The molecule has 2 rings (SSSR count). The van der Waals surface area contributed by atoms with Gasteiger partial charge in [-0.25, -0.2) is 9.82 Å². The van der Waals surface area contributed by atoms with Crippen LogP contribution < -0.4 is 14.9 Å². The van der Waals surface area contributed by atoms with E-state index in [4.69, 9.17) is 9.47 Å². The normalized spacial score (nSPS) is 11.2. The average molecular weight is 474 g/mol. The fraction of sp³-hybridized carbons (Fsp3) is 0.176. The van der Waals surface area contributed by atoms with Crippen LogP contribution in [-0.4, -0.2) is 25.3 Å². The van der Waals surface area contributed by atoms with Crippen LogP contribution in [-0.2, 0) is 4.79 Å². The monoisotopic (exact) mass is 472 g/mol. The van der Waals surface area contributed by atoms with Crippen molar-refractivity contribution in [1.82, 2.24) is 5.43 Å². The number of hydrogen-bond donors (Lipinski definition) is 1. The smallest absolute Gasteiger partial charge is 0.277 e. The molecular formula is C17H15Br2FN2O3. The summed E-state index contributed by atoms with van der Waals surface area (Å²) in [4.78, 5) is 11.9. The van der Waals surface area contributed by atoms with Crippen LogP contribution in [0.2, 0.25) is 0 Å². The summed E-state index contributed by atoms with van der Waals surface area (Å²) in [6, 6.07) is 9.34. The minimum atomic E-state index is -0.432. The zero-order chi connectivity index (χ0) is 18.4. The number of carbonyl (C=O) groups is 1. The molecule has 0 bridgehead atoms. The Labute approximate surface area is 161 Å². The van der Waals surface area contributed by atoms with Gasteiger partial charge in [0, 0.05) is 4.47 Å². The Morgan fingerprint density at radius 2 is 1.92 bits per heavy atom. The number of hydrogen-bond acceptors (Lipinski definition) is 4. The van der Waals surface area contributed by atoms with E-state index in [9.17, 15) is 9.18 Å². The maximum absolute atomic E-state index is 12.9. The summed E-state index contributed by atoms with van der Waals surface area (Å²) in [5.41, 5.74) is 3.66. The third kappa shape index (κ3) is 5.54. The number of halogens is 3. The van der Waals surface area contributed by atoms with Crippen molar-refractivity contribution in [3.05, 3.63) is 56.7 Å². The predicted octanol–water partition coefficient (Wildman–Crippen LogP) is 4.28. The van der Waals surface area contributed by atoms with Gasteiger partial charge in [-0.15, -0.1) is 0 Å². The number of ether oxygens (including phenoxy) is 2. The lowest BCUT2D eigenvalue weighted by Gasteiger charge is -2.12. The van der Waals surface area contributed by atoms with Gasteiger partial charge in [0.1, 0.15) is 5.82 Å². The first kappa shape index (κ1) is 19.4. The molecule has 0 aliphatic heterocycles. The molecule has 1 amide bonds. The Bertz CT molecular complexity index is 795. The molecule has 0 atom stereocenters. The number of carbonyl (C=O) groups excluding carboxylic acids is 1. The molecule has 0 aromatic heterocycles. The molecule has 5 nitrogen and oxygen atoms in total. The van der Waals surface area contributed by atoms with E-state index in [1.165, 1.54) is 19.2 Å². The maximum atomic E-state index is 12.9. The maximum Gasteiger partial charge on any atom is 0.277 e. The van der Waals surface area contributed by atoms with Gasteiger partial charge in [0.15, 0.2) is 18.1 Å². The quantitative estimate of drug-likeness (QED) is 0.503. The van der Waals surface area contributed by atoms with Crippen LogP contribution in [0.1, 0.15) is 12.5 Å². The van der Waals surface area contributed by atoms with Crippen LogP contribution in [0.25, 0.3) is 0 Å². The van der Waals surface area contributed by atoms with E-state index in [0.717, 1.165) is 4.47 Å². The van der Waals surface area contributed by atoms with Gasteiger partial charge in [-0.05, 0) is 52.7 Å². The highest BCUT2D eigenvalue weighted by atomic mass is 79.9. The van der Waals surface area contributed by atoms with Gasteiger partial charge in [0.2, 0.25) is 0 Å². The topological polar surface area (TPSA) is 59.9 Å². The van der Waals surface area contributed by atoms with Crippen LogP contribution in [0.15, 0.2) is 50.4 Å². The van der Waals surface area contributed by atoms with Crippen LogP contribution in [0, 0.1) is 5.82 Å². The van der Waals surface area contributed by atoms with Crippen LogP contribution >= 0.6 is 31.9 Å². The number of methoxy groups -OCH3 is 1. The standard InChI is InChI=1S/C17H15Br2FN2O3/c1-10(11-3-5-13(20)6-4-11)21-22-16(23)9-25-17-14(19)7-12(18)8-15(17)24-2/h3-8H,9H2,1-2H3,(H,22,23)/b21-10-. The molecule has 0 radical (unpaired) electrons. The van der Waals surface area contributed by atoms with Gasteiger partial charge in [0.05, 0.1) is 17.3 Å². The summed E-state index contributed by atoms with van der Waals surface area (Å²) >= 11 is 6.71. The summed E-state index contributed by atoms with van der Waals surface area (Å²) in [5.74, 6) is 0.140. The highest BCUT2D eigenvalue weighted by Gasteiger charge is 2.13. The first-order chi connectivity index (χ1) is 11.9. The van der Waals surface area contributed by atoms with Gasteiger partial charge in [-0.3, -0.25) is 4.79 Å². The molecule has 0 fully saturated rings. The second-order valence-corrected chi connectivity index (χ2v) is 6.72. The number of benzene rings is 2. The fourth-order valence-electron chi connectivity index (χ4n) is 1.90. The molecule has 0 saturated heterocycles. The third-order valence-electron chi connectivity index (χ3n) is 3.15. The van der Waals surface area contributed by atoms with E-state index < -0.39 is 5.91 Å². The molecule has 2 aromatic carbocycles. The van der Waals surface area contributed by atoms with Crippen molar-refractivity contribution in [2.75, 3.05) is 13.7 Å². The van der Waals surface area contributed by atoms with Crippen molar-refractivity contribution < 1.29 is 18.7 Å². The van der Waals surface area contributed by atoms with Crippen LogP contribution in [0.4, 0.5) is 4.39 Å².